The zero-order valence-corrected chi connectivity index (χ0v) is 12.6. The average Bonchev–Trinajstić information content (AvgIpc) is 3.13. The predicted octanol–water partition coefficient (Wildman–Crippen LogP) is 3.05. The fraction of sp³-hybridized carbons (Fsp3) is 0.375. The van der Waals surface area contributed by atoms with Gasteiger partial charge >= 0.3 is 0 Å². The highest BCUT2D eigenvalue weighted by molar-refractivity contribution is 7.99. The SMILES string of the molecule is C[C@@H](C(=O)N[C@@]1(C#N)CCSC1)c1cc2ccccc2o1. The first kappa shape index (κ1) is 14.0. The van der Waals surface area contributed by atoms with Crippen molar-refractivity contribution in [2.24, 2.45) is 0 Å². The van der Waals surface area contributed by atoms with E-state index in [9.17, 15) is 10.1 Å². The Morgan fingerprint density at radius 1 is 1.52 bits per heavy atom. The van der Waals surface area contributed by atoms with Gasteiger partial charge in [-0.15, -0.1) is 0 Å². The Morgan fingerprint density at radius 2 is 2.33 bits per heavy atom. The quantitative estimate of drug-likeness (QED) is 0.946. The molecule has 1 fully saturated rings. The molecule has 1 saturated heterocycles. The molecule has 0 unspecified atom stereocenters. The zero-order chi connectivity index (χ0) is 14.9. The molecular formula is C16H16N2O2S. The van der Waals surface area contributed by atoms with Crippen LogP contribution in [0.25, 0.3) is 11.0 Å². The van der Waals surface area contributed by atoms with E-state index >= 15 is 0 Å². The number of para-hydroxylation sites is 1. The van der Waals surface area contributed by atoms with Crippen LogP contribution in [0.15, 0.2) is 34.7 Å². The molecule has 0 aliphatic carbocycles. The molecule has 1 N–H and O–H groups in total. The van der Waals surface area contributed by atoms with E-state index in [2.05, 4.69) is 11.4 Å². The molecule has 108 valence electrons. The Morgan fingerprint density at radius 3 is 3.00 bits per heavy atom. The number of fused-ring (bicyclic) bond motifs is 1. The monoisotopic (exact) mass is 300 g/mol. The highest BCUT2D eigenvalue weighted by Gasteiger charge is 2.37. The molecule has 1 amide bonds. The summed E-state index contributed by atoms with van der Waals surface area (Å²) in [4.78, 5) is 12.4. The summed E-state index contributed by atoms with van der Waals surface area (Å²) in [6.45, 7) is 1.81. The predicted molar refractivity (Wildman–Crippen MR) is 83.1 cm³/mol. The number of furan rings is 1. The van der Waals surface area contributed by atoms with E-state index in [-0.39, 0.29) is 5.91 Å². The third kappa shape index (κ3) is 2.64. The number of benzene rings is 1. The number of carbonyl (C=O) groups excluding carboxylic acids is 1. The Bertz CT molecular complexity index is 677. The second-order valence-electron chi connectivity index (χ2n) is 5.39. The van der Waals surface area contributed by atoms with Gasteiger partial charge in [0.05, 0.1) is 12.0 Å². The molecule has 1 aromatic heterocycles. The molecule has 21 heavy (non-hydrogen) atoms. The highest BCUT2D eigenvalue weighted by atomic mass is 32.2. The van der Waals surface area contributed by atoms with Crippen LogP contribution in [0.2, 0.25) is 0 Å². The fourth-order valence-corrected chi connectivity index (χ4v) is 3.74. The minimum absolute atomic E-state index is 0.155. The van der Waals surface area contributed by atoms with Crippen molar-refractivity contribution in [3.63, 3.8) is 0 Å². The average molecular weight is 300 g/mol. The third-order valence-corrected chi connectivity index (χ3v) is 5.05. The first-order valence-corrected chi connectivity index (χ1v) is 8.08. The lowest BCUT2D eigenvalue weighted by atomic mass is 9.99. The maximum Gasteiger partial charge on any atom is 0.231 e. The summed E-state index contributed by atoms with van der Waals surface area (Å²) in [7, 11) is 0. The van der Waals surface area contributed by atoms with Gasteiger partial charge in [-0.3, -0.25) is 4.79 Å². The summed E-state index contributed by atoms with van der Waals surface area (Å²) in [5.74, 6) is 1.63. The normalized spacial score (nSPS) is 22.9. The van der Waals surface area contributed by atoms with Gasteiger partial charge in [0.25, 0.3) is 0 Å². The molecule has 1 aliphatic rings. The lowest BCUT2D eigenvalue weighted by molar-refractivity contribution is -0.123. The van der Waals surface area contributed by atoms with Crippen LogP contribution in [0.5, 0.6) is 0 Å². The molecule has 2 atom stereocenters. The van der Waals surface area contributed by atoms with Crippen LogP contribution in [0.4, 0.5) is 0 Å². The molecule has 2 heterocycles. The summed E-state index contributed by atoms with van der Waals surface area (Å²) in [6.07, 6.45) is 0.701. The Kier molecular flexibility index (Phi) is 3.64. The van der Waals surface area contributed by atoms with Crippen molar-refractivity contribution in [2.75, 3.05) is 11.5 Å². The molecule has 0 radical (unpaired) electrons. The van der Waals surface area contributed by atoms with Gasteiger partial charge in [-0.05, 0) is 31.2 Å². The standard InChI is InChI=1S/C16H16N2O2S/c1-11(14-8-12-4-2-3-5-13(12)20-14)15(19)18-16(9-17)6-7-21-10-16/h2-5,8,11H,6-7,10H2,1H3,(H,18,19)/t11-,16-/m1/s1. The van der Waals surface area contributed by atoms with Gasteiger partial charge in [0, 0.05) is 11.1 Å². The number of thioether (sulfide) groups is 1. The third-order valence-electron chi connectivity index (χ3n) is 3.86. The number of hydrogen-bond donors (Lipinski definition) is 1. The summed E-state index contributed by atoms with van der Waals surface area (Å²) in [5.41, 5.74) is 0.0562. The number of hydrogen-bond acceptors (Lipinski definition) is 4. The Hall–Kier alpha value is -1.93. The van der Waals surface area contributed by atoms with Crippen molar-refractivity contribution >= 4 is 28.6 Å². The number of nitrogens with zero attached hydrogens (tertiary/aromatic N) is 1. The molecule has 3 rings (SSSR count). The minimum Gasteiger partial charge on any atom is -0.460 e. The molecule has 1 aromatic carbocycles. The van der Waals surface area contributed by atoms with Crippen LogP contribution in [0.1, 0.15) is 25.0 Å². The number of nitrogens with one attached hydrogen (secondary N) is 1. The van der Waals surface area contributed by atoms with Gasteiger partial charge in [-0.25, -0.2) is 0 Å². The number of rotatable bonds is 3. The first-order chi connectivity index (χ1) is 10.1. The molecule has 0 bridgehead atoms. The van der Waals surface area contributed by atoms with Crippen molar-refractivity contribution in [1.29, 1.82) is 5.26 Å². The lowest BCUT2D eigenvalue weighted by Crippen LogP contribution is -2.48. The van der Waals surface area contributed by atoms with Crippen LogP contribution in [0, 0.1) is 11.3 Å². The molecule has 0 saturated carbocycles. The molecule has 5 heteroatoms. The van der Waals surface area contributed by atoms with Crippen molar-refractivity contribution in [2.45, 2.75) is 24.8 Å². The van der Waals surface area contributed by atoms with Crippen molar-refractivity contribution in [1.82, 2.24) is 5.32 Å². The van der Waals surface area contributed by atoms with Crippen molar-refractivity contribution in [3.05, 3.63) is 36.1 Å². The molecule has 4 nitrogen and oxygen atoms in total. The van der Waals surface area contributed by atoms with E-state index in [4.69, 9.17) is 4.42 Å². The van der Waals surface area contributed by atoms with Crippen LogP contribution in [-0.4, -0.2) is 23.0 Å². The minimum atomic E-state index is -0.720. The molecule has 1 aliphatic heterocycles. The van der Waals surface area contributed by atoms with E-state index in [0.29, 0.717) is 17.9 Å². The van der Waals surface area contributed by atoms with Crippen LogP contribution < -0.4 is 5.32 Å². The van der Waals surface area contributed by atoms with Crippen LogP contribution >= 0.6 is 11.8 Å². The second-order valence-corrected chi connectivity index (χ2v) is 6.50. The van der Waals surface area contributed by atoms with E-state index in [0.717, 1.165) is 16.7 Å². The van der Waals surface area contributed by atoms with E-state index in [1.54, 1.807) is 18.7 Å². The lowest BCUT2D eigenvalue weighted by Gasteiger charge is -2.22. The number of amides is 1. The van der Waals surface area contributed by atoms with Crippen molar-refractivity contribution < 1.29 is 9.21 Å². The van der Waals surface area contributed by atoms with Gasteiger partial charge in [0.1, 0.15) is 16.9 Å². The Labute approximate surface area is 127 Å². The molecule has 0 spiro atoms. The van der Waals surface area contributed by atoms with Gasteiger partial charge in [-0.1, -0.05) is 18.2 Å². The summed E-state index contributed by atoms with van der Waals surface area (Å²) >= 11 is 1.70. The topological polar surface area (TPSA) is 66.0 Å². The largest absolute Gasteiger partial charge is 0.460 e. The number of carbonyl (C=O) groups is 1. The van der Waals surface area contributed by atoms with Gasteiger partial charge < -0.3 is 9.73 Å². The van der Waals surface area contributed by atoms with E-state index in [1.807, 2.05) is 30.3 Å². The van der Waals surface area contributed by atoms with Crippen molar-refractivity contribution in [3.8, 4) is 6.07 Å². The molecular weight excluding hydrogens is 284 g/mol. The summed E-state index contributed by atoms with van der Waals surface area (Å²) < 4.78 is 5.73. The molecule has 2 aromatic rings. The summed E-state index contributed by atoms with van der Waals surface area (Å²) in [5, 5.41) is 13.2. The number of nitriles is 1. The van der Waals surface area contributed by atoms with Gasteiger partial charge in [-0.2, -0.15) is 17.0 Å². The second kappa shape index (κ2) is 5.45. The van der Waals surface area contributed by atoms with Crippen LogP contribution in [-0.2, 0) is 4.79 Å². The maximum absolute atomic E-state index is 12.4. The summed E-state index contributed by atoms with van der Waals surface area (Å²) in [6, 6.07) is 11.8. The zero-order valence-electron chi connectivity index (χ0n) is 11.8. The Balaban J connectivity index is 1.79. The van der Waals surface area contributed by atoms with E-state index < -0.39 is 11.5 Å². The smallest absolute Gasteiger partial charge is 0.231 e. The van der Waals surface area contributed by atoms with Gasteiger partial charge in [0.15, 0.2) is 0 Å². The highest BCUT2D eigenvalue weighted by Crippen LogP contribution is 2.29. The fourth-order valence-electron chi connectivity index (χ4n) is 2.47. The van der Waals surface area contributed by atoms with E-state index in [1.165, 1.54) is 0 Å². The maximum atomic E-state index is 12.4. The van der Waals surface area contributed by atoms with Crippen LogP contribution in [0.3, 0.4) is 0 Å². The first-order valence-electron chi connectivity index (χ1n) is 6.93. The van der Waals surface area contributed by atoms with Gasteiger partial charge in [0.2, 0.25) is 5.91 Å².